The maximum atomic E-state index is 3.82. The Morgan fingerprint density at radius 2 is 1.88 bits per heavy atom. The van der Waals surface area contributed by atoms with Gasteiger partial charge in [0.15, 0.2) is 0 Å². The van der Waals surface area contributed by atoms with Crippen molar-refractivity contribution in [3.63, 3.8) is 0 Å². The smallest absolute Gasteiger partial charge is 0.0485 e. The molecule has 2 aromatic carbocycles. The first-order chi connectivity index (χ1) is 7.65. The Morgan fingerprint density at radius 3 is 2.56 bits per heavy atom. The Morgan fingerprint density at radius 1 is 1.12 bits per heavy atom. The van der Waals surface area contributed by atoms with Gasteiger partial charge in [-0.15, -0.1) is 0 Å². The number of rotatable bonds is 2. The molecule has 82 valence electrons. The van der Waals surface area contributed by atoms with E-state index in [-0.39, 0.29) is 0 Å². The lowest BCUT2D eigenvalue weighted by Crippen LogP contribution is -2.07. The molecule has 0 unspecified atom stereocenters. The van der Waals surface area contributed by atoms with E-state index >= 15 is 0 Å². The molecule has 16 heavy (non-hydrogen) atoms. The van der Waals surface area contributed by atoms with Crippen molar-refractivity contribution in [3.05, 3.63) is 54.2 Å². The first-order valence-electron chi connectivity index (χ1n) is 5.49. The molecular weight excluding hydrogens is 194 g/mol. The van der Waals surface area contributed by atoms with E-state index in [2.05, 4.69) is 55.7 Å². The second kappa shape index (κ2) is 4.01. The van der Waals surface area contributed by atoms with E-state index in [1.807, 2.05) is 13.2 Å². The highest BCUT2D eigenvalue weighted by atomic mass is 15.1. The van der Waals surface area contributed by atoms with Crippen LogP contribution in [0.3, 0.4) is 0 Å². The third-order valence-electron chi connectivity index (χ3n) is 3.21. The molecule has 2 rings (SSSR count). The minimum Gasteiger partial charge on any atom is -0.351 e. The quantitative estimate of drug-likeness (QED) is 0.724. The third kappa shape index (κ3) is 1.58. The molecule has 0 spiro atoms. The van der Waals surface area contributed by atoms with Crippen molar-refractivity contribution in [2.45, 2.75) is 13.8 Å². The lowest BCUT2D eigenvalue weighted by atomic mass is 9.99. The maximum Gasteiger partial charge on any atom is 0.0485 e. The summed E-state index contributed by atoms with van der Waals surface area (Å²) in [6, 6.07) is 10.7. The highest BCUT2D eigenvalue weighted by Crippen LogP contribution is 2.30. The predicted molar refractivity (Wildman–Crippen MR) is 72.0 cm³/mol. The number of nitrogens with zero attached hydrogens (tertiary/aromatic N) is 1. The standard InChI is InChI=1S/C15H17N/c1-5-16(4)14-8-6-7-13-10-9-11(2)12(3)15(13)14/h5-10H,1H2,2-4H3. The van der Waals surface area contributed by atoms with Crippen LogP contribution in [0.5, 0.6) is 0 Å². The Hall–Kier alpha value is -1.76. The van der Waals surface area contributed by atoms with Crippen molar-refractivity contribution in [1.82, 2.24) is 0 Å². The van der Waals surface area contributed by atoms with E-state index in [4.69, 9.17) is 0 Å². The lowest BCUT2D eigenvalue weighted by Gasteiger charge is -2.18. The Labute approximate surface area is 97.0 Å². The molecule has 0 bridgehead atoms. The number of aryl methyl sites for hydroxylation is 2. The van der Waals surface area contributed by atoms with E-state index < -0.39 is 0 Å². The fraction of sp³-hybridized carbons (Fsp3) is 0.200. The van der Waals surface area contributed by atoms with Crippen molar-refractivity contribution in [2.75, 3.05) is 11.9 Å². The van der Waals surface area contributed by atoms with E-state index in [9.17, 15) is 0 Å². The molecule has 0 aliphatic carbocycles. The summed E-state index contributed by atoms with van der Waals surface area (Å²) in [7, 11) is 2.03. The number of hydrogen-bond acceptors (Lipinski definition) is 1. The van der Waals surface area contributed by atoms with Crippen LogP contribution < -0.4 is 4.90 Å². The van der Waals surface area contributed by atoms with Crippen LogP contribution in [0.2, 0.25) is 0 Å². The summed E-state index contributed by atoms with van der Waals surface area (Å²) in [6.07, 6.45) is 1.84. The molecule has 0 aliphatic heterocycles. The number of anilines is 1. The average molecular weight is 211 g/mol. The van der Waals surface area contributed by atoms with Gasteiger partial charge in [0.05, 0.1) is 0 Å². The minimum absolute atomic E-state index is 1.22. The van der Waals surface area contributed by atoms with Crippen LogP contribution in [-0.2, 0) is 0 Å². The molecule has 0 saturated carbocycles. The summed E-state index contributed by atoms with van der Waals surface area (Å²) in [4.78, 5) is 2.06. The molecule has 0 fully saturated rings. The van der Waals surface area contributed by atoms with Crippen LogP contribution in [0.25, 0.3) is 10.8 Å². The van der Waals surface area contributed by atoms with E-state index in [1.165, 1.54) is 27.6 Å². The SMILES string of the molecule is C=CN(C)c1cccc2ccc(C)c(C)c12. The Balaban J connectivity index is 2.84. The summed E-state index contributed by atoms with van der Waals surface area (Å²) >= 11 is 0. The summed E-state index contributed by atoms with van der Waals surface area (Å²) in [6.45, 7) is 8.15. The van der Waals surface area contributed by atoms with Crippen molar-refractivity contribution in [1.29, 1.82) is 0 Å². The monoisotopic (exact) mass is 211 g/mol. The van der Waals surface area contributed by atoms with E-state index in [1.54, 1.807) is 0 Å². The molecule has 0 aliphatic rings. The molecule has 0 saturated heterocycles. The molecule has 1 heteroatoms. The Kier molecular flexibility index (Phi) is 2.69. The highest BCUT2D eigenvalue weighted by molar-refractivity contribution is 5.97. The predicted octanol–water partition coefficient (Wildman–Crippen LogP) is 4.04. The topological polar surface area (TPSA) is 3.24 Å². The first-order valence-corrected chi connectivity index (χ1v) is 5.49. The highest BCUT2D eigenvalue weighted by Gasteiger charge is 2.07. The van der Waals surface area contributed by atoms with Crippen LogP contribution in [0, 0.1) is 13.8 Å². The summed E-state index contributed by atoms with van der Waals surface area (Å²) in [5.41, 5.74) is 3.90. The van der Waals surface area contributed by atoms with Gasteiger partial charge in [-0.1, -0.05) is 30.8 Å². The average Bonchev–Trinajstić information content (AvgIpc) is 2.32. The fourth-order valence-electron chi connectivity index (χ4n) is 2.03. The van der Waals surface area contributed by atoms with Crippen molar-refractivity contribution >= 4 is 16.5 Å². The zero-order valence-electron chi connectivity index (χ0n) is 10.1. The van der Waals surface area contributed by atoms with E-state index in [0.717, 1.165) is 0 Å². The molecule has 0 radical (unpaired) electrons. The molecule has 0 amide bonds. The largest absolute Gasteiger partial charge is 0.351 e. The van der Waals surface area contributed by atoms with Crippen LogP contribution in [0.4, 0.5) is 5.69 Å². The van der Waals surface area contributed by atoms with Crippen molar-refractivity contribution < 1.29 is 0 Å². The van der Waals surface area contributed by atoms with Gasteiger partial charge in [-0.05, 0) is 42.6 Å². The van der Waals surface area contributed by atoms with Gasteiger partial charge < -0.3 is 4.90 Å². The van der Waals surface area contributed by atoms with Crippen LogP contribution >= 0.6 is 0 Å². The van der Waals surface area contributed by atoms with Gasteiger partial charge in [-0.2, -0.15) is 0 Å². The van der Waals surface area contributed by atoms with E-state index in [0.29, 0.717) is 0 Å². The van der Waals surface area contributed by atoms with Gasteiger partial charge in [-0.25, -0.2) is 0 Å². The second-order valence-corrected chi connectivity index (χ2v) is 4.18. The van der Waals surface area contributed by atoms with Crippen molar-refractivity contribution in [2.24, 2.45) is 0 Å². The third-order valence-corrected chi connectivity index (χ3v) is 3.21. The maximum absolute atomic E-state index is 3.82. The first kappa shape index (κ1) is 10.7. The van der Waals surface area contributed by atoms with Crippen LogP contribution in [0.1, 0.15) is 11.1 Å². The molecule has 0 N–H and O–H groups in total. The zero-order chi connectivity index (χ0) is 11.7. The fourth-order valence-corrected chi connectivity index (χ4v) is 2.03. The number of benzene rings is 2. The number of fused-ring (bicyclic) bond motifs is 1. The molecular formula is C15H17N. The molecule has 0 heterocycles. The molecule has 0 atom stereocenters. The molecule has 1 nitrogen and oxygen atoms in total. The molecule has 0 aromatic heterocycles. The minimum atomic E-state index is 1.22. The van der Waals surface area contributed by atoms with Gasteiger partial charge in [0, 0.05) is 18.1 Å². The lowest BCUT2D eigenvalue weighted by molar-refractivity contribution is 1.22. The Bertz CT molecular complexity index is 540. The summed E-state index contributed by atoms with van der Waals surface area (Å²) in [5.74, 6) is 0. The van der Waals surface area contributed by atoms with Crippen LogP contribution in [-0.4, -0.2) is 7.05 Å². The molecule has 2 aromatic rings. The van der Waals surface area contributed by atoms with Gasteiger partial charge >= 0.3 is 0 Å². The number of hydrogen-bond donors (Lipinski definition) is 0. The normalized spacial score (nSPS) is 10.4. The summed E-state index contributed by atoms with van der Waals surface area (Å²) in [5, 5.41) is 2.61. The second-order valence-electron chi connectivity index (χ2n) is 4.18. The summed E-state index contributed by atoms with van der Waals surface area (Å²) < 4.78 is 0. The van der Waals surface area contributed by atoms with Gasteiger partial charge in [0.25, 0.3) is 0 Å². The van der Waals surface area contributed by atoms with Gasteiger partial charge in [0.1, 0.15) is 0 Å². The van der Waals surface area contributed by atoms with Gasteiger partial charge in [0.2, 0.25) is 0 Å². The van der Waals surface area contributed by atoms with Gasteiger partial charge in [-0.3, -0.25) is 0 Å². The van der Waals surface area contributed by atoms with Crippen LogP contribution in [0.15, 0.2) is 43.1 Å². The van der Waals surface area contributed by atoms with Crippen molar-refractivity contribution in [3.8, 4) is 0 Å². The zero-order valence-corrected chi connectivity index (χ0v) is 10.1.